The van der Waals surface area contributed by atoms with Gasteiger partial charge >= 0.3 is 0 Å². The number of carbonyl (C=O) groups excluding carboxylic acids is 2. The molecule has 0 aliphatic heterocycles. The second kappa shape index (κ2) is 10.1. The van der Waals surface area contributed by atoms with Gasteiger partial charge < -0.3 is 15.5 Å². The van der Waals surface area contributed by atoms with Crippen LogP contribution in [0, 0.1) is 13.8 Å². The molecule has 28 heavy (non-hydrogen) atoms. The van der Waals surface area contributed by atoms with E-state index in [2.05, 4.69) is 32.1 Å². The smallest absolute Gasteiger partial charge is 0.276 e. The maximum absolute atomic E-state index is 12.0. The van der Waals surface area contributed by atoms with E-state index in [4.69, 9.17) is 16.3 Å². The van der Waals surface area contributed by atoms with E-state index in [0.29, 0.717) is 22.2 Å². The Labute approximate surface area is 177 Å². The minimum atomic E-state index is -0.374. The maximum Gasteiger partial charge on any atom is 0.276 e. The van der Waals surface area contributed by atoms with Gasteiger partial charge in [0.25, 0.3) is 5.91 Å². The van der Waals surface area contributed by atoms with Gasteiger partial charge in [-0.05, 0) is 62.2 Å². The molecule has 2 aromatic carbocycles. The minimum Gasteiger partial charge on any atom is -0.483 e. The topological polar surface area (TPSA) is 79.5 Å². The fourth-order valence-electron chi connectivity index (χ4n) is 2.20. The molecular formula is C20H21BrClN3O3. The van der Waals surface area contributed by atoms with Gasteiger partial charge in [-0.1, -0.05) is 33.6 Å². The van der Waals surface area contributed by atoms with Gasteiger partial charge in [0, 0.05) is 27.0 Å². The average Bonchev–Trinajstić information content (AvgIpc) is 2.62. The lowest BCUT2D eigenvalue weighted by molar-refractivity contribution is -0.124. The summed E-state index contributed by atoms with van der Waals surface area (Å²) in [6, 6.07) is 10.8. The Kier molecular flexibility index (Phi) is 7.90. The lowest BCUT2D eigenvalue weighted by Gasteiger charge is -2.11. The van der Waals surface area contributed by atoms with Gasteiger partial charge in [0.2, 0.25) is 5.91 Å². The van der Waals surface area contributed by atoms with E-state index in [-0.39, 0.29) is 18.4 Å². The molecule has 0 bridgehead atoms. The van der Waals surface area contributed by atoms with Gasteiger partial charge in [-0.2, -0.15) is 0 Å². The predicted molar refractivity (Wildman–Crippen MR) is 114 cm³/mol. The molecule has 0 unspecified atom stereocenters. The zero-order valence-electron chi connectivity index (χ0n) is 15.7. The van der Waals surface area contributed by atoms with E-state index < -0.39 is 0 Å². The van der Waals surface area contributed by atoms with Crippen molar-refractivity contribution in [3.63, 3.8) is 0 Å². The van der Waals surface area contributed by atoms with Gasteiger partial charge in [0.15, 0.2) is 6.61 Å². The van der Waals surface area contributed by atoms with Gasteiger partial charge in [-0.15, -0.1) is 0 Å². The largest absolute Gasteiger partial charge is 0.483 e. The van der Waals surface area contributed by atoms with Crippen LogP contribution in [0.1, 0.15) is 18.1 Å². The molecule has 0 heterocycles. The molecule has 0 radical (unpaired) electrons. The molecule has 0 fully saturated rings. The summed E-state index contributed by atoms with van der Waals surface area (Å²) < 4.78 is 6.42. The predicted octanol–water partition coefficient (Wildman–Crippen LogP) is 4.26. The summed E-state index contributed by atoms with van der Waals surface area (Å²) in [6.45, 7) is 5.27. The zero-order valence-corrected chi connectivity index (χ0v) is 18.1. The van der Waals surface area contributed by atoms with Crippen molar-refractivity contribution in [2.24, 2.45) is 0 Å². The number of nitrogens with one attached hydrogen (secondary N) is 3. The third kappa shape index (κ3) is 6.90. The van der Waals surface area contributed by atoms with Crippen molar-refractivity contribution in [2.75, 3.05) is 11.9 Å². The average molecular weight is 467 g/mol. The van der Waals surface area contributed by atoms with Crippen LogP contribution in [0.3, 0.4) is 0 Å². The number of carbonyl (C=O) groups is 2. The van der Waals surface area contributed by atoms with Crippen molar-refractivity contribution in [3.8, 4) is 5.75 Å². The van der Waals surface area contributed by atoms with Gasteiger partial charge in [0.05, 0.1) is 0 Å². The Bertz CT molecular complexity index is 916. The van der Waals surface area contributed by atoms with Crippen LogP contribution in [-0.2, 0) is 9.59 Å². The van der Waals surface area contributed by atoms with Crippen LogP contribution < -0.4 is 20.9 Å². The zero-order chi connectivity index (χ0) is 20.7. The number of hydrazine groups is 1. The van der Waals surface area contributed by atoms with Crippen molar-refractivity contribution in [2.45, 2.75) is 20.8 Å². The first-order chi connectivity index (χ1) is 13.2. The first kappa shape index (κ1) is 21.8. The van der Waals surface area contributed by atoms with Crippen LogP contribution >= 0.6 is 27.5 Å². The number of ether oxygens (including phenoxy) is 1. The third-order valence-corrected chi connectivity index (χ3v) is 4.58. The highest BCUT2D eigenvalue weighted by Gasteiger charge is 2.06. The van der Waals surface area contributed by atoms with E-state index >= 15 is 0 Å². The van der Waals surface area contributed by atoms with Crippen LogP contribution in [-0.4, -0.2) is 18.4 Å². The van der Waals surface area contributed by atoms with Crippen molar-refractivity contribution in [1.82, 2.24) is 10.9 Å². The number of aryl methyl sites for hydroxylation is 2. The maximum atomic E-state index is 12.0. The summed E-state index contributed by atoms with van der Waals surface area (Å²) in [7, 11) is 0. The molecule has 0 spiro atoms. The van der Waals surface area contributed by atoms with Crippen molar-refractivity contribution in [3.05, 3.63) is 68.8 Å². The Morgan fingerprint density at radius 2 is 1.86 bits per heavy atom. The normalized spacial score (nSPS) is 11.0. The van der Waals surface area contributed by atoms with E-state index in [0.717, 1.165) is 15.6 Å². The molecule has 2 rings (SSSR count). The second-order valence-electron chi connectivity index (χ2n) is 6.15. The molecule has 148 valence electrons. The van der Waals surface area contributed by atoms with Crippen LogP contribution in [0.25, 0.3) is 0 Å². The monoisotopic (exact) mass is 465 g/mol. The number of halogens is 2. The first-order valence-corrected chi connectivity index (χ1v) is 9.61. The first-order valence-electron chi connectivity index (χ1n) is 8.44. The summed E-state index contributed by atoms with van der Waals surface area (Å²) in [5, 5.41) is 3.28. The number of hydrogen-bond acceptors (Lipinski definition) is 4. The SMILES string of the molecule is CC(=CC(=O)Nc1ccc(C)c(Cl)c1)NNC(=O)COc1ccc(Br)cc1C. The Hall–Kier alpha value is -2.51. The Morgan fingerprint density at radius 3 is 2.54 bits per heavy atom. The van der Waals surface area contributed by atoms with Crippen LogP contribution in [0.15, 0.2) is 52.6 Å². The van der Waals surface area contributed by atoms with Gasteiger partial charge in [-0.3, -0.25) is 15.0 Å². The van der Waals surface area contributed by atoms with E-state index in [1.165, 1.54) is 6.08 Å². The number of hydrogen-bond donors (Lipinski definition) is 3. The molecule has 0 saturated carbocycles. The quantitative estimate of drug-likeness (QED) is 0.421. The minimum absolute atomic E-state index is 0.156. The fraction of sp³-hybridized carbons (Fsp3) is 0.200. The molecule has 0 atom stereocenters. The van der Waals surface area contributed by atoms with Crippen LogP contribution in [0.4, 0.5) is 5.69 Å². The lowest BCUT2D eigenvalue weighted by atomic mass is 10.2. The molecular weight excluding hydrogens is 446 g/mol. The molecule has 0 aliphatic rings. The molecule has 2 amide bonds. The summed E-state index contributed by atoms with van der Waals surface area (Å²) >= 11 is 9.41. The summed E-state index contributed by atoms with van der Waals surface area (Å²) in [4.78, 5) is 23.9. The molecule has 3 N–H and O–H groups in total. The molecule has 0 aromatic heterocycles. The van der Waals surface area contributed by atoms with Crippen LogP contribution in [0.5, 0.6) is 5.75 Å². The van der Waals surface area contributed by atoms with Gasteiger partial charge in [0.1, 0.15) is 5.75 Å². The molecule has 0 aliphatic carbocycles. The summed E-state index contributed by atoms with van der Waals surface area (Å²) in [5.74, 6) is -0.0940. The second-order valence-corrected chi connectivity index (χ2v) is 7.48. The molecule has 8 heteroatoms. The number of rotatable bonds is 7. The highest BCUT2D eigenvalue weighted by molar-refractivity contribution is 9.10. The molecule has 2 aromatic rings. The van der Waals surface area contributed by atoms with E-state index in [1.54, 1.807) is 25.1 Å². The van der Waals surface area contributed by atoms with Crippen molar-refractivity contribution < 1.29 is 14.3 Å². The number of benzene rings is 2. The highest BCUT2D eigenvalue weighted by atomic mass is 79.9. The summed E-state index contributed by atoms with van der Waals surface area (Å²) in [5.41, 5.74) is 8.04. The van der Waals surface area contributed by atoms with E-state index in [1.807, 2.05) is 32.0 Å². The standard InChI is InChI=1S/C20H21BrClN3O3/c1-12-4-6-16(10-17(12)22)23-19(26)9-14(3)24-25-20(27)11-28-18-7-5-15(21)8-13(18)2/h4-10,24H,11H2,1-3H3,(H,23,26)(H,25,27). The van der Waals surface area contributed by atoms with Crippen molar-refractivity contribution in [1.29, 1.82) is 0 Å². The molecule has 6 nitrogen and oxygen atoms in total. The van der Waals surface area contributed by atoms with E-state index in [9.17, 15) is 9.59 Å². The molecule has 0 saturated heterocycles. The van der Waals surface area contributed by atoms with Crippen LogP contribution in [0.2, 0.25) is 5.02 Å². The van der Waals surface area contributed by atoms with Gasteiger partial charge in [-0.25, -0.2) is 0 Å². The summed E-state index contributed by atoms with van der Waals surface area (Å²) in [6.07, 6.45) is 1.33. The Morgan fingerprint density at radius 1 is 1.11 bits per heavy atom. The Balaban J connectivity index is 1.79. The lowest BCUT2D eigenvalue weighted by Crippen LogP contribution is -2.39. The number of allylic oxidation sites excluding steroid dienone is 1. The number of amides is 2. The van der Waals surface area contributed by atoms with Crippen molar-refractivity contribution >= 4 is 45.0 Å². The third-order valence-electron chi connectivity index (χ3n) is 3.68. The number of anilines is 1. The highest BCUT2D eigenvalue weighted by Crippen LogP contribution is 2.22. The fourth-order valence-corrected chi connectivity index (χ4v) is 2.86.